The first-order valence-corrected chi connectivity index (χ1v) is 13.2. The third-order valence-electron chi connectivity index (χ3n) is 7.80. The molecule has 37 heavy (non-hydrogen) atoms. The lowest BCUT2D eigenvalue weighted by molar-refractivity contribution is -0.139. The van der Waals surface area contributed by atoms with Crippen molar-refractivity contribution in [1.82, 2.24) is 10.2 Å². The number of piperidine rings is 1. The molecular weight excluding hydrogens is 472 g/mol. The summed E-state index contributed by atoms with van der Waals surface area (Å²) in [5.41, 5.74) is -0.339. The summed E-state index contributed by atoms with van der Waals surface area (Å²) < 4.78 is 0. The van der Waals surface area contributed by atoms with Crippen LogP contribution in [0.4, 0.5) is 11.4 Å². The summed E-state index contributed by atoms with van der Waals surface area (Å²) in [6.45, 7) is 7.84. The van der Waals surface area contributed by atoms with Crippen LogP contribution in [0.5, 0.6) is 0 Å². The molecule has 4 rings (SSSR count). The third-order valence-corrected chi connectivity index (χ3v) is 7.80. The number of likely N-dealkylation sites (tertiary alicyclic amines) is 1. The van der Waals surface area contributed by atoms with Gasteiger partial charge in [-0.2, -0.15) is 0 Å². The Kier molecular flexibility index (Phi) is 8.46. The van der Waals surface area contributed by atoms with Crippen LogP contribution in [0, 0.1) is 11.8 Å². The van der Waals surface area contributed by atoms with Crippen molar-refractivity contribution in [2.45, 2.75) is 50.7 Å². The molecule has 1 aromatic rings. The molecule has 2 fully saturated rings. The van der Waals surface area contributed by atoms with Gasteiger partial charge in [0.15, 0.2) is 5.60 Å². The largest absolute Gasteiger partial charge is 0.394 e. The molecule has 2 saturated heterocycles. The van der Waals surface area contributed by atoms with E-state index in [4.69, 9.17) is 0 Å². The number of rotatable bonds is 9. The Balaban J connectivity index is 1.54. The second-order valence-electron chi connectivity index (χ2n) is 10.2. The number of aliphatic hydroxyl groups excluding tert-OH is 1. The normalized spacial score (nSPS) is 26.4. The van der Waals surface area contributed by atoms with Gasteiger partial charge in [-0.25, -0.2) is 0 Å². The van der Waals surface area contributed by atoms with Gasteiger partial charge in [-0.05, 0) is 50.4 Å². The van der Waals surface area contributed by atoms with Crippen molar-refractivity contribution < 1.29 is 24.6 Å². The maximum absolute atomic E-state index is 13.5. The van der Waals surface area contributed by atoms with Crippen LogP contribution >= 0.6 is 0 Å². The fraction of sp³-hybridized carbons (Fsp3) is 0.536. The fourth-order valence-corrected chi connectivity index (χ4v) is 5.64. The number of carbonyl (C=O) groups is 3. The van der Waals surface area contributed by atoms with Crippen molar-refractivity contribution in [3.05, 3.63) is 48.6 Å². The van der Waals surface area contributed by atoms with Crippen molar-refractivity contribution in [1.29, 1.82) is 0 Å². The summed E-state index contributed by atoms with van der Waals surface area (Å²) in [5, 5.41) is 27.5. The predicted octanol–water partition coefficient (Wildman–Crippen LogP) is 1.91. The Labute approximate surface area is 218 Å². The van der Waals surface area contributed by atoms with Gasteiger partial charge in [0.1, 0.15) is 0 Å². The number of benzene rings is 1. The molecule has 3 aliphatic rings. The van der Waals surface area contributed by atoms with Gasteiger partial charge in [0.25, 0.3) is 5.91 Å². The molecule has 0 spiro atoms. The lowest BCUT2D eigenvalue weighted by atomic mass is 9.82. The zero-order chi connectivity index (χ0) is 26.6. The first kappa shape index (κ1) is 27.0. The molecule has 0 bridgehead atoms. The minimum Gasteiger partial charge on any atom is -0.394 e. The molecule has 200 valence electrons. The zero-order valence-corrected chi connectivity index (χ0v) is 21.5. The second-order valence-corrected chi connectivity index (χ2v) is 10.2. The third kappa shape index (κ3) is 5.35. The molecule has 0 aromatic heterocycles. The lowest BCUT2D eigenvalue weighted by Gasteiger charge is -2.28. The number of anilines is 2. The molecule has 4 atom stereocenters. The average molecular weight is 511 g/mol. The van der Waals surface area contributed by atoms with Crippen LogP contribution in [0.3, 0.4) is 0 Å². The zero-order valence-electron chi connectivity index (χ0n) is 21.5. The Morgan fingerprint density at radius 2 is 2.14 bits per heavy atom. The minimum absolute atomic E-state index is 0.0494. The van der Waals surface area contributed by atoms with E-state index in [1.165, 1.54) is 4.90 Å². The number of hydrogen-bond acceptors (Lipinski definition) is 6. The number of carbonyl (C=O) groups excluding carboxylic acids is 3. The summed E-state index contributed by atoms with van der Waals surface area (Å²) >= 11 is 0. The van der Waals surface area contributed by atoms with Crippen LogP contribution in [-0.4, -0.2) is 71.7 Å². The van der Waals surface area contributed by atoms with Crippen LogP contribution < -0.4 is 15.5 Å². The molecule has 9 heteroatoms. The van der Waals surface area contributed by atoms with Crippen molar-refractivity contribution in [2.24, 2.45) is 11.8 Å². The second kappa shape index (κ2) is 11.6. The molecule has 0 aliphatic carbocycles. The first-order chi connectivity index (χ1) is 17.8. The molecule has 3 heterocycles. The highest BCUT2D eigenvalue weighted by Gasteiger charge is 2.52. The predicted molar refractivity (Wildman–Crippen MR) is 142 cm³/mol. The van der Waals surface area contributed by atoms with Crippen molar-refractivity contribution in [3.8, 4) is 0 Å². The van der Waals surface area contributed by atoms with E-state index in [9.17, 15) is 24.6 Å². The van der Waals surface area contributed by atoms with Gasteiger partial charge in [-0.15, -0.1) is 6.58 Å². The molecule has 9 nitrogen and oxygen atoms in total. The van der Waals surface area contributed by atoms with E-state index in [1.54, 1.807) is 48.3 Å². The number of nitrogens with one attached hydrogen (secondary N) is 2. The lowest BCUT2D eigenvalue weighted by Crippen LogP contribution is -2.44. The van der Waals surface area contributed by atoms with Gasteiger partial charge in [-0.1, -0.05) is 25.2 Å². The minimum atomic E-state index is -1.85. The van der Waals surface area contributed by atoms with E-state index in [1.807, 2.05) is 0 Å². The number of fused-ring (bicyclic) bond motifs is 1. The van der Waals surface area contributed by atoms with E-state index >= 15 is 0 Å². The highest BCUT2D eigenvalue weighted by Crippen LogP contribution is 2.46. The van der Waals surface area contributed by atoms with E-state index in [-0.39, 0.29) is 43.3 Å². The first-order valence-electron chi connectivity index (χ1n) is 13.2. The quantitative estimate of drug-likeness (QED) is 0.377. The van der Waals surface area contributed by atoms with Gasteiger partial charge < -0.3 is 30.6 Å². The van der Waals surface area contributed by atoms with Crippen molar-refractivity contribution >= 4 is 29.1 Å². The average Bonchev–Trinajstić information content (AvgIpc) is 3.47. The topological polar surface area (TPSA) is 122 Å². The number of amides is 3. The molecule has 0 radical (unpaired) electrons. The highest BCUT2D eigenvalue weighted by atomic mass is 16.3. The van der Waals surface area contributed by atoms with Crippen LogP contribution in [0.15, 0.2) is 43.0 Å². The molecule has 4 N–H and O–H groups in total. The Bertz CT molecular complexity index is 1070. The van der Waals surface area contributed by atoms with E-state index in [2.05, 4.69) is 17.2 Å². The standard InChI is InChI=1S/C28H38N4O5/c1-3-14-32-24-12-11-21(30-26(35)20-8-5-13-29-17-20)16-23(24)28(37,27(32)36)19(2)7-4-10-25(34)31-15-6-9-22(31)18-33/h3-4,7,11-12,16,19-20,22,29,33,37H,1,5-6,8-10,13-15,17-18H2,2H3,(H,30,35)/b7-4+/t19-,20?,22+,28+/m1/s1. The summed E-state index contributed by atoms with van der Waals surface area (Å²) in [6, 6.07) is 5.02. The number of hydrogen-bond donors (Lipinski definition) is 4. The van der Waals surface area contributed by atoms with Gasteiger partial charge >= 0.3 is 0 Å². The smallest absolute Gasteiger partial charge is 0.264 e. The highest BCUT2D eigenvalue weighted by molar-refractivity contribution is 6.08. The maximum atomic E-state index is 13.5. The molecule has 0 saturated carbocycles. The van der Waals surface area contributed by atoms with E-state index in [0.29, 0.717) is 30.0 Å². The van der Waals surface area contributed by atoms with Crippen molar-refractivity contribution in [2.75, 3.05) is 43.0 Å². The number of aliphatic hydroxyl groups is 2. The Hall–Kier alpha value is -3.01. The Morgan fingerprint density at radius 1 is 1.32 bits per heavy atom. The van der Waals surface area contributed by atoms with Crippen LogP contribution in [0.2, 0.25) is 0 Å². The van der Waals surface area contributed by atoms with E-state index in [0.717, 1.165) is 32.2 Å². The summed E-state index contributed by atoms with van der Waals surface area (Å²) in [4.78, 5) is 42.1. The van der Waals surface area contributed by atoms with Gasteiger partial charge in [0.05, 0.1) is 24.3 Å². The molecule has 1 aromatic carbocycles. The summed E-state index contributed by atoms with van der Waals surface area (Å²) in [6.07, 6.45) is 8.53. The van der Waals surface area contributed by atoms with Crippen LogP contribution in [0.25, 0.3) is 0 Å². The SMILES string of the molecule is C=CCN1C(=O)[C@](O)([C@H](C)/C=C/CC(=O)N2CCC[C@H]2CO)c2cc(NC(=O)C3CCCNC3)ccc21. The monoisotopic (exact) mass is 510 g/mol. The molecule has 1 unspecified atom stereocenters. The summed E-state index contributed by atoms with van der Waals surface area (Å²) in [5.74, 6) is -1.40. The summed E-state index contributed by atoms with van der Waals surface area (Å²) in [7, 11) is 0. The van der Waals surface area contributed by atoms with E-state index < -0.39 is 17.4 Å². The van der Waals surface area contributed by atoms with Gasteiger partial charge in [0, 0.05) is 43.2 Å². The fourth-order valence-electron chi connectivity index (χ4n) is 5.64. The maximum Gasteiger partial charge on any atom is 0.264 e. The number of nitrogens with zero attached hydrogens (tertiary/aromatic N) is 2. The van der Waals surface area contributed by atoms with Crippen LogP contribution in [-0.2, 0) is 20.0 Å². The van der Waals surface area contributed by atoms with Gasteiger partial charge in [0.2, 0.25) is 11.8 Å². The van der Waals surface area contributed by atoms with Gasteiger partial charge in [-0.3, -0.25) is 14.4 Å². The molecule has 3 aliphatic heterocycles. The molecule has 3 amide bonds. The van der Waals surface area contributed by atoms with Crippen molar-refractivity contribution in [3.63, 3.8) is 0 Å². The van der Waals surface area contributed by atoms with Crippen LogP contribution in [0.1, 0.15) is 44.6 Å². The molecular formula is C28H38N4O5. The Morgan fingerprint density at radius 3 is 2.84 bits per heavy atom.